The van der Waals surface area contributed by atoms with Gasteiger partial charge in [-0.15, -0.1) is 0 Å². The van der Waals surface area contributed by atoms with Gasteiger partial charge in [0, 0.05) is 10.4 Å². The SMILES string of the molecule is CCCCCCC=CO[Si](OC=CCCCCCC)(c1ccccc1)c1ccccc1. The molecule has 2 aromatic carbocycles. The molecule has 0 aromatic heterocycles. The molecule has 0 N–H and O–H groups in total. The molecule has 0 aliphatic heterocycles. The Morgan fingerprint density at radius 3 is 1.39 bits per heavy atom. The fourth-order valence-corrected chi connectivity index (χ4v) is 6.36. The first-order valence-corrected chi connectivity index (χ1v) is 13.9. The maximum absolute atomic E-state index is 6.54. The molecule has 0 fully saturated rings. The van der Waals surface area contributed by atoms with Gasteiger partial charge in [0.2, 0.25) is 0 Å². The minimum absolute atomic E-state index is 1.04. The highest BCUT2D eigenvalue weighted by Crippen LogP contribution is 2.13. The van der Waals surface area contributed by atoms with Crippen LogP contribution in [0.5, 0.6) is 0 Å². The van der Waals surface area contributed by atoms with Gasteiger partial charge in [0.1, 0.15) is 0 Å². The molecule has 0 saturated heterocycles. The first-order chi connectivity index (χ1) is 15.3. The lowest BCUT2D eigenvalue weighted by molar-refractivity contribution is 0.334. The highest BCUT2D eigenvalue weighted by atomic mass is 28.4. The maximum Gasteiger partial charge on any atom is 0.530 e. The summed E-state index contributed by atoms with van der Waals surface area (Å²) >= 11 is 0. The van der Waals surface area contributed by atoms with Gasteiger partial charge in [-0.05, 0) is 25.7 Å². The van der Waals surface area contributed by atoms with Gasteiger partial charge in [0.05, 0.1) is 12.5 Å². The van der Waals surface area contributed by atoms with Crippen LogP contribution in [-0.2, 0) is 8.85 Å². The van der Waals surface area contributed by atoms with E-state index in [9.17, 15) is 0 Å². The quantitative estimate of drug-likeness (QED) is 0.157. The number of allylic oxidation sites excluding steroid dienone is 2. The van der Waals surface area contributed by atoms with Crippen LogP contribution in [0.15, 0.2) is 85.3 Å². The third kappa shape index (κ3) is 8.78. The van der Waals surface area contributed by atoms with E-state index in [2.05, 4.69) is 74.5 Å². The maximum atomic E-state index is 6.54. The van der Waals surface area contributed by atoms with Crippen LogP contribution in [0.2, 0.25) is 0 Å². The molecule has 0 aliphatic rings. The Morgan fingerprint density at radius 1 is 0.581 bits per heavy atom. The van der Waals surface area contributed by atoms with Gasteiger partial charge < -0.3 is 8.85 Å². The fourth-order valence-electron chi connectivity index (χ4n) is 3.58. The van der Waals surface area contributed by atoms with E-state index in [0.29, 0.717) is 0 Å². The Bertz CT molecular complexity index is 675. The minimum atomic E-state index is -2.87. The zero-order valence-electron chi connectivity index (χ0n) is 19.5. The second kappa shape index (κ2) is 15.5. The van der Waals surface area contributed by atoms with E-state index < -0.39 is 8.56 Å². The van der Waals surface area contributed by atoms with Gasteiger partial charge in [-0.3, -0.25) is 0 Å². The highest BCUT2D eigenvalue weighted by Gasteiger charge is 2.45. The summed E-state index contributed by atoms with van der Waals surface area (Å²) in [6.07, 6.45) is 20.2. The molecule has 2 nitrogen and oxygen atoms in total. The van der Waals surface area contributed by atoms with Crippen molar-refractivity contribution in [2.45, 2.75) is 78.1 Å². The fraction of sp³-hybridized carbons (Fsp3) is 0.429. The second-order valence-corrected chi connectivity index (χ2v) is 10.9. The van der Waals surface area contributed by atoms with Gasteiger partial charge in [0.25, 0.3) is 0 Å². The van der Waals surface area contributed by atoms with Crippen molar-refractivity contribution in [1.82, 2.24) is 0 Å². The van der Waals surface area contributed by atoms with E-state index in [0.717, 1.165) is 23.2 Å². The predicted octanol–water partition coefficient (Wildman–Crippen LogP) is 7.24. The molecule has 3 heteroatoms. The van der Waals surface area contributed by atoms with Crippen molar-refractivity contribution < 1.29 is 8.85 Å². The van der Waals surface area contributed by atoms with E-state index in [1.807, 2.05) is 24.7 Å². The Labute approximate surface area is 191 Å². The van der Waals surface area contributed by atoms with Crippen LogP contribution in [0.4, 0.5) is 0 Å². The standard InChI is InChI=1S/C28H40O2Si/c1-3-5-7-9-11-19-25-29-31(27-21-15-13-16-22-27,28-23-17-14-18-24-28)30-26-20-12-10-8-6-4-2/h13-26H,3-12H2,1-2H3. The van der Waals surface area contributed by atoms with Crippen LogP contribution >= 0.6 is 0 Å². The Hall–Kier alpha value is -2.26. The molecule has 0 aliphatic carbocycles. The summed E-state index contributed by atoms with van der Waals surface area (Å²) in [5, 5.41) is 2.24. The summed E-state index contributed by atoms with van der Waals surface area (Å²) in [5.41, 5.74) is 0. The van der Waals surface area contributed by atoms with Crippen LogP contribution < -0.4 is 10.4 Å². The largest absolute Gasteiger partial charge is 0.530 e. The molecule has 0 unspecified atom stereocenters. The first kappa shape index (κ1) is 25.0. The molecule has 0 heterocycles. The lowest BCUT2D eigenvalue weighted by Crippen LogP contribution is -2.61. The molecule has 2 aromatic rings. The monoisotopic (exact) mass is 436 g/mol. The van der Waals surface area contributed by atoms with Crippen LogP contribution in [0.3, 0.4) is 0 Å². The Kier molecular flexibility index (Phi) is 12.5. The van der Waals surface area contributed by atoms with Crippen LogP contribution in [0, 0.1) is 0 Å². The molecule has 0 radical (unpaired) electrons. The molecule has 0 amide bonds. The molecule has 31 heavy (non-hydrogen) atoms. The summed E-state index contributed by atoms with van der Waals surface area (Å²) in [4.78, 5) is 0. The van der Waals surface area contributed by atoms with Crippen LogP contribution in [0.1, 0.15) is 78.1 Å². The molecule has 0 atom stereocenters. The first-order valence-electron chi connectivity index (χ1n) is 12.1. The number of unbranched alkanes of at least 4 members (excludes halogenated alkanes) is 8. The van der Waals surface area contributed by atoms with Crippen molar-refractivity contribution in [3.8, 4) is 0 Å². The van der Waals surface area contributed by atoms with Gasteiger partial charge in [-0.1, -0.05) is 125 Å². The van der Waals surface area contributed by atoms with E-state index in [1.54, 1.807) is 0 Å². The Morgan fingerprint density at radius 2 is 1.00 bits per heavy atom. The zero-order valence-corrected chi connectivity index (χ0v) is 20.5. The van der Waals surface area contributed by atoms with Crippen molar-refractivity contribution in [3.63, 3.8) is 0 Å². The highest BCUT2D eigenvalue weighted by molar-refractivity contribution is 6.92. The van der Waals surface area contributed by atoms with Crippen molar-refractivity contribution >= 4 is 18.9 Å². The normalized spacial score (nSPS) is 11.9. The number of rotatable bonds is 16. The van der Waals surface area contributed by atoms with Gasteiger partial charge in [-0.2, -0.15) is 0 Å². The van der Waals surface area contributed by atoms with Crippen molar-refractivity contribution in [1.29, 1.82) is 0 Å². The topological polar surface area (TPSA) is 18.5 Å². The van der Waals surface area contributed by atoms with E-state index >= 15 is 0 Å². The molecule has 0 bridgehead atoms. The third-order valence-corrected chi connectivity index (χ3v) is 8.54. The number of benzene rings is 2. The molecule has 0 spiro atoms. The summed E-state index contributed by atoms with van der Waals surface area (Å²) in [6, 6.07) is 20.9. The van der Waals surface area contributed by atoms with Gasteiger partial charge in [-0.25, -0.2) is 0 Å². The van der Waals surface area contributed by atoms with Crippen LogP contribution in [-0.4, -0.2) is 8.56 Å². The molecular formula is C28H40O2Si. The van der Waals surface area contributed by atoms with E-state index in [1.165, 1.54) is 51.4 Å². The average molecular weight is 437 g/mol. The van der Waals surface area contributed by atoms with Crippen LogP contribution in [0.25, 0.3) is 0 Å². The Balaban J connectivity index is 2.18. The summed E-state index contributed by atoms with van der Waals surface area (Å²) in [7, 11) is -2.87. The van der Waals surface area contributed by atoms with E-state index in [4.69, 9.17) is 8.85 Å². The third-order valence-electron chi connectivity index (χ3n) is 5.42. The van der Waals surface area contributed by atoms with E-state index in [-0.39, 0.29) is 0 Å². The molecule has 0 saturated carbocycles. The van der Waals surface area contributed by atoms with Crippen molar-refractivity contribution in [2.24, 2.45) is 0 Å². The summed E-state index contributed by atoms with van der Waals surface area (Å²) in [5.74, 6) is 0. The number of hydrogen-bond acceptors (Lipinski definition) is 2. The predicted molar refractivity (Wildman–Crippen MR) is 136 cm³/mol. The summed E-state index contributed by atoms with van der Waals surface area (Å²) < 4.78 is 13.1. The van der Waals surface area contributed by atoms with Gasteiger partial charge >= 0.3 is 8.56 Å². The average Bonchev–Trinajstić information content (AvgIpc) is 2.83. The lowest BCUT2D eigenvalue weighted by Gasteiger charge is -2.29. The zero-order chi connectivity index (χ0) is 22.0. The second-order valence-electron chi connectivity index (χ2n) is 8.03. The van der Waals surface area contributed by atoms with Crippen molar-refractivity contribution in [2.75, 3.05) is 0 Å². The smallest absolute Gasteiger partial charge is 0.513 e. The van der Waals surface area contributed by atoms with Crippen molar-refractivity contribution in [3.05, 3.63) is 85.3 Å². The molecule has 2 rings (SSSR count). The minimum Gasteiger partial charge on any atom is -0.513 e. The lowest BCUT2D eigenvalue weighted by atomic mass is 10.2. The van der Waals surface area contributed by atoms with Gasteiger partial charge in [0.15, 0.2) is 0 Å². The molecular weight excluding hydrogens is 396 g/mol. The number of hydrogen-bond donors (Lipinski definition) is 0. The molecule has 168 valence electrons. The summed E-state index contributed by atoms with van der Waals surface area (Å²) in [6.45, 7) is 4.49.